The fourth-order valence-corrected chi connectivity index (χ4v) is 3.80. The number of alkyl halides is 1. The van der Waals surface area contributed by atoms with Gasteiger partial charge in [-0.2, -0.15) is 4.98 Å². The SMILES string of the molecule is CCN(Cc1cccc(CF)c1)C(=O)c1nc(-c2cc(Br)c(O)c(Br)c2)no1. The quantitative estimate of drug-likeness (QED) is 0.497. The fraction of sp³-hybridized carbons (Fsp3) is 0.211. The Balaban J connectivity index is 1.82. The van der Waals surface area contributed by atoms with Crippen LogP contribution >= 0.6 is 31.9 Å². The lowest BCUT2D eigenvalue weighted by atomic mass is 10.1. The lowest BCUT2D eigenvalue weighted by molar-refractivity contribution is 0.0702. The van der Waals surface area contributed by atoms with E-state index in [2.05, 4.69) is 42.0 Å². The van der Waals surface area contributed by atoms with Crippen LogP contribution in [0, 0.1) is 0 Å². The molecule has 1 amide bonds. The first-order valence-electron chi connectivity index (χ1n) is 8.38. The van der Waals surface area contributed by atoms with Gasteiger partial charge in [-0.1, -0.05) is 29.4 Å². The second-order valence-corrected chi connectivity index (χ2v) is 7.69. The molecular formula is C19H16Br2FN3O3. The summed E-state index contributed by atoms with van der Waals surface area (Å²) < 4.78 is 18.9. The minimum atomic E-state index is -0.557. The van der Waals surface area contributed by atoms with Crippen molar-refractivity contribution in [2.24, 2.45) is 0 Å². The number of rotatable bonds is 6. The van der Waals surface area contributed by atoms with Gasteiger partial charge in [0.15, 0.2) is 0 Å². The molecule has 0 unspecified atom stereocenters. The Kier molecular flexibility index (Phi) is 6.46. The van der Waals surface area contributed by atoms with Gasteiger partial charge in [0.1, 0.15) is 12.4 Å². The van der Waals surface area contributed by atoms with Crippen molar-refractivity contribution in [3.63, 3.8) is 0 Å². The number of phenols is 1. The van der Waals surface area contributed by atoms with E-state index in [0.717, 1.165) is 5.56 Å². The van der Waals surface area contributed by atoms with Crippen LogP contribution in [0.15, 0.2) is 49.9 Å². The average Bonchev–Trinajstić information content (AvgIpc) is 3.19. The normalized spacial score (nSPS) is 10.9. The summed E-state index contributed by atoms with van der Waals surface area (Å²) in [6, 6.07) is 10.3. The highest BCUT2D eigenvalue weighted by atomic mass is 79.9. The summed E-state index contributed by atoms with van der Waals surface area (Å²) in [6.45, 7) is 2.00. The summed E-state index contributed by atoms with van der Waals surface area (Å²) in [5, 5.41) is 13.7. The van der Waals surface area contributed by atoms with Gasteiger partial charge in [0.2, 0.25) is 5.82 Å². The molecule has 9 heteroatoms. The van der Waals surface area contributed by atoms with E-state index in [1.54, 1.807) is 30.3 Å². The molecule has 0 atom stereocenters. The summed E-state index contributed by atoms with van der Waals surface area (Å²) in [4.78, 5) is 18.5. The summed E-state index contributed by atoms with van der Waals surface area (Å²) in [5.74, 6) is -0.279. The van der Waals surface area contributed by atoms with Crippen molar-refractivity contribution in [1.82, 2.24) is 15.0 Å². The Morgan fingerprint density at radius 3 is 2.54 bits per heavy atom. The molecular weight excluding hydrogens is 497 g/mol. The van der Waals surface area contributed by atoms with E-state index in [1.807, 2.05) is 13.0 Å². The highest BCUT2D eigenvalue weighted by Crippen LogP contribution is 2.36. The number of aromatic hydroxyl groups is 1. The molecule has 0 fully saturated rings. The van der Waals surface area contributed by atoms with Crippen LogP contribution in [0.2, 0.25) is 0 Å². The summed E-state index contributed by atoms with van der Waals surface area (Å²) >= 11 is 6.49. The number of carbonyl (C=O) groups is 1. The van der Waals surface area contributed by atoms with Crippen LogP contribution in [-0.2, 0) is 13.2 Å². The van der Waals surface area contributed by atoms with E-state index in [-0.39, 0.29) is 17.5 Å². The monoisotopic (exact) mass is 511 g/mol. The number of nitrogens with zero attached hydrogens (tertiary/aromatic N) is 3. The minimum Gasteiger partial charge on any atom is -0.506 e. The maximum Gasteiger partial charge on any atom is 0.316 e. The van der Waals surface area contributed by atoms with Crippen LogP contribution < -0.4 is 0 Å². The lowest BCUT2D eigenvalue weighted by Crippen LogP contribution is -2.30. The molecule has 0 bridgehead atoms. The first-order valence-corrected chi connectivity index (χ1v) is 9.96. The van der Waals surface area contributed by atoms with E-state index in [9.17, 15) is 14.3 Å². The first-order chi connectivity index (χ1) is 13.4. The maximum absolute atomic E-state index is 12.9. The molecule has 3 aromatic rings. The highest BCUT2D eigenvalue weighted by Gasteiger charge is 2.22. The number of amides is 1. The molecule has 3 rings (SSSR count). The van der Waals surface area contributed by atoms with Crippen LogP contribution in [0.4, 0.5) is 4.39 Å². The van der Waals surface area contributed by atoms with E-state index < -0.39 is 12.6 Å². The van der Waals surface area contributed by atoms with E-state index in [0.29, 0.717) is 33.2 Å². The predicted octanol–water partition coefficient (Wildman–Crippen LogP) is 5.10. The molecule has 0 aliphatic heterocycles. The van der Waals surface area contributed by atoms with Crippen molar-refractivity contribution in [3.05, 3.63) is 62.4 Å². The van der Waals surface area contributed by atoms with Crippen molar-refractivity contribution in [3.8, 4) is 17.1 Å². The Hall–Kier alpha value is -2.26. The predicted molar refractivity (Wildman–Crippen MR) is 108 cm³/mol. The maximum atomic E-state index is 12.9. The third-order valence-electron chi connectivity index (χ3n) is 4.07. The van der Waals surface area contributed by atoms with Gasteiger partial charge in [0, 0.05) is 18.7 Å². The molecule has 0 radical (unpaired) electrons. The molecule has 0 aliphatic carbocycles. The van der Waals surface area contributed by atoms with E-state index in [1.165, 1.54) is 4.90 Å². The van der Waals surface area contributed by atoms with Crippen LogP contribution in [0.5, 0.6) is 5.75 Å². The number of carbonyl (C=O) groups excluding carboxylic acids is 1. The van der Waals surface area contributed by atoms with Gasteiger partial charge in [-0.3, -0.25) is 4.79 Å². The second kappa shape index (κ2) is 8.83. The molecule has 0 saturated heterocycles. The third-order valence-corrected chi connectivity index (χ3v) is 5.28. The Morgan fingerprint density at radius 1 is 1.21 bits per heavy atom. The van der Waals surface area contributed by atoms with Crippen molar-refractivity contribution in [2.45, 2.75) is 20.1 Å². The molecule has 0 aliphatic rings. The molecule has 6 nitrogen and oxygen atoms in total. The number of halogens is 3. The van der Waals surface area contributed by atoms with Crippen LogP contribution in [0.25, 0.3) is 11.4 Å². The number of hydrogen-bond acceptors (Lipinski definition) is 5. The van der Waals surface area contributed by atoms with Gasteiger partial charge in [0.25, 0.3) is 0 Å². The average molecular weight is 513 g/mol. The second-order valence-electron chi connectivity index (χ2n) is 5.98. The van der Waals surface area contributed by atoms with Crippen LogP contribution in [0.3, 0.4) is 0 Å². The Labute approximate surface area is 177 Å². The fourth-order valence-electron chi connectivity index (χ4n) is 2.62. The van der Waals surface area contributed by atoms with Crippen molar-refractivity contribution in [2.75, 3.05) is 6.54 Å². The van der Waals surface area contributed by atoms with Crippen molar-refractivity contribution >= 4 is 37.8 Å². The van der Waals surface area contributed by atoms with E-state index >= 15 is 0 Å². The molecule has 146 valence electrons. The Morgan fingerprint density at radius 2 is 1.89 bits per heavy atom. The summed E-state index contributed by atoms with van der Waals surface area (Å²) in [7, 11) is 0. The zero-order chi connectivity index (χ0) is 20.3. The Bertz CT molecular complexity index is 987. The molecule has 0 spiro atoms. The zero-order valence-electron chi connectivity index (χ0n) is 14.8. The topological polar surface area (TPSA) is 79.5 Å². The number of benzene rings is 2. The van der Waals surface area contributed by atoms with Gasteiger partial charge in [-0.25, -0.2) is 4.39 Å². The third kappa shape index (κ3) is 4.41. The van der Waals surface area contributed by atoms with Crippen molar-refractivity contribution in [1.29, 1.82) is 0 Å². The molecule has 0 saturated carbocycles. The van der Waals surface area contributed by atoms with Gasteiger partial charge in [-0.05, 0) is 62.0 Å². The molecule has 2 aromatic carbocycles. The smallest absolute Gasteiger partial charge is 0.316 e. The standard InChI is InChI=1S/C19H16Br2FN3O3/c1-2-25(10-12-5-3-4-11(6-12)9-22)19(27)18-23-17(24-28-18)13-7-14(20)16(26)15(21)8-13/h3-8,26H,2,9-10H2,1H3. The van der Waals surface area contributed by atoms with E-state index in [4.69, 9.17) is 4.52 Å². The minimum absolute atomic E-state index is 0.0520. The van der Waals surface area contributed by atoms with Crippen LogP contribution in [-0.4, -0.2) is 32.6 Å². The first kappa shape index (κ1) is 20.5. The number of aromatic nitrogens is 2. The van der Waals surface area contributed by atoms with Gasteiger partial charge < -0.3 is 14.5 Å². The number of phenolic OH excluding ortho intramolecular Hbond substituents is 1. The van der Waals surface area contributed by atoms with Gasteiger partial charge in [0.05, 0.1) is 8.95 Å². The van der Waals surface area contributed by atoms with Gasteiger partial charge >= 0.3 is 11.8 Å². The van der Waals surface area contributed by atoms with Crippen LogP contribution in [0.1, 0.15) is 28.7 Å². The highest BCUT2D eigenvalue weighted by molar-refractivity contribution is 9.11. The molecule has 1 aromatic heterocycles. The summed E-state index contributed by atoms with van der Waals surface area (Å²) in [6.07, 6.45) is 0. The zero-order valence-corrected chi connectivity index (χ0v) is 18.0. The lowest BCUT2D eigenvalue weighted by Gasteiger charge is -2.19. The molecule has 1 N–H and O–H groups in total. The molecule has 28 heavy (non-hydrogen) atoms. The molecule has 1 heterocycles. The van der Waals surface area contributed by atoms with Crippen molar-refractivity contribution < 1.29 is 18.8 Å². The number of hydrogen-bond donors (Lipinski definition) is 1. The van der Waals surface area contributed by atoms with Gasteiger partial charge in [-0.15, -0.1) is 0 Å². The summed E-state index contributed by atoms with van der Waals surface area (Å²) in [5.41, 5.74) is 1.94. The largest absolute Gasteiger partial charge is 0.506 e.